The van der Waals surface area contributed by atoms with E-state index in [-0.39, 0.29) is 0 Å². The summed E-state index contributed by atoms with van der Waals surface area (Å²) in [7, 11) is 1.88. The van der Waals surface area contributed by atoms with Gasteiger partial charge in [-0.3, -0.25) is 0 Å². The van der Waals surface area contributed by atoms with Crippen LogP contribution in [0.5, 0.6) is 5.88 Å². The quantitative estimate of drug-likeness (QED) is 0.823. The van der Waals surface area contributed by atoms with Gasteiger partial charge in [0, 0.05) is 13.6 Å². The summed E-state index contributed by atoms with van der Waals surface area (Å²) >= 11 is 0. The number of pyridine rings is 1. The van der Waals surface area contributed by atoms with E-state index in [9.17, 15) is 5.11 Å². The van der Waals surface area contributed by atoms with Crippen LogP contribution in [0.3, 0.4) is 0 Å². The third-order valence-electron chi connectivity index (χ3n) is 2.44. The molecule has 0 saturated carbocycles. The van der Waals surface area contributed by atoms with Crippen LogP contribution in [0, 0.1) is 5.92 Å². The first-order valence-corrected chi connectivity index (χ1v) is 6.52. The molecule has 1 heterocycles. The second-order valence-electron chi connectivity index (χ2n) is 5.94. The molecule has 0 bridgehead atoms. The molecule has 108 valence electrons. The fourth-order valence-corrected chi connectivity index (χ4v) is 1.68. The van der Waals surface area contributed by atoms with Crippen molar-refractivity contribution in [2.24, 2.45) is 5.92 Å². The van der Waals surface area contributed by atoms with E-state index in [0.29, 0.717) is 30.6 Å². The lowest BCUT2D eigenvalue weighted by atomic mass is 10.1. The minimum Gasteiger partial charge on any atom is -0.476 e. The SMILES string of the molecule is CC(C)COc1nc(N(C)CC(C)(C)O)ccc1N. The molecule has 0 fully saturated rings. The van der Waals surface area contributed by atoms with Crippen LogP contribution in [0.1, 0.15) is 27.7 Å². The van der Waals surface area contributed by atoms with Gasteiger partial charge in [0.15, 0.2) is 0 Å². The Kier molecular flexibility index (Phi) is 5.00. The number of aromatic nitrogens is 1. The first-order chi connectivity index (χ1) is 8.69. The Labute approximate surface area is 115 Å². The van der Waals surface area contributed by atoms with Gasteiger partial charge in [-0.05, 0) is 31.9 Å². The van der Waals surface area contributed by atoms with Crippen LogP contribution in [-0.2, 0) is 0 Å². The monoisotopic (exact) mass is 267 g/mol. The minimum atomic E-state index is -0.781. The highest BCUT2D eigenvalue weighted by atomic mass is 16.5. The Bertz CT molecular complexity index is 414. The van der Waals surface area contributed by atoms with Crippen molar-refractivity contribution in [2.45, 2.75) is 33.3 Å². The summed E-state index contributed by atoms with van der Waals surface area (Å²) in [4.78, 5) is 6.27. The van der Waals surface area contributed by atoms with E-state index in [1.165, 1.54) is 0 Å². The fraction of sp³-hybridized carbons (Fsp3) is 0.643. The number of anilines is 2. The number of rotatable bonds is 6. The summed E-state index contributed by atoms with van der Waals surface area (Å²) in [6, 6.07) is 3.60. The van der Waals surface area contributed by atoms with Crippen LogP contribution in [0.25, 0.3) is 0 Å². The summed E-state index contributed by atoms with van der Waals surface area (Å²) in [5, 5.41) is 9.82. The molecular formula is C14H25N3O2. The summed E-state index contributed by atoms with van der Waals surface area (Å²) in [5.74, 6) is 1.60. The third-order valence-corrected chi connectivity index (χ3v) is 2.44. The number of likely N-dealkylation sites (N-methyl/N-ethyl adjacent to an activating group) is 1. The summed E-state index contributed by atoms with van der Waals surface area (Å²) in [6.45, 7) is 8.72. The third kappa shape index (κ3) is 5.34. The van der Waals surface area contributed by atoms with Gasteiger partial charge in [0.25, 0.3) is 0 Å². The fourth-order valence-electron chi connectivity index (χ4n) is 1.68. The van der Waals surface area contributed by atoms with Gasteiger partial charge in [-0.25, -0.2) is 0 Å². The molecule has 5 heteroatoms. The Morgan fingerprint density at radius 2 is 2.05 bits per heavy atom. The van der Waals surface area contributed by atoms with E-state index in [0.717, 1.165) is 5.82 Å². The molecule has 5 nitrogen and oxygen atoms in total. The zero-order chi connectivity index (χ0) is 14.6. The number of hydrogen-bond donors (Lipinski definition) is 2. The Morgan fingerprint density at radius 1 is 1.42 bits per heavy atom. The van der Waals surface area contributed by atoms with Crippen LogP contribution in [-0.4, -0.2) is 35.9 Å². The molecule has 0 aliphatic carbocycles. The van der Waals surface area contributed by atoms with E-state index in [4.69, 9.17) is 10.5 Å². The Balaban J connectivity index is 2.83. The number of nitrogen functional groups attached to an aromatic ring is 1. The number of ether oxygens (including phenoxy) is 1. The van der Waals surface area contributed by atoms with Gasteiger partial charge >= 0.3 is 0 Å². The van der Waals surface area contributed by atoms with Crippen LogP contribution in [0.2, 0.25) is 0 Å². The van der Waals surface area contributed by atoms with Crippen LogP contribution in [0.4, 0.5) is 11.5 Å². The van der Waals surface area contributed by atoms with Crippen molar-refractivity contribution in [3.8, 4) is 5.88 Å². The average Bonchev–Trinajstić information content (AvgIpc) is 2.25. The van der Waals surface area contributed by atoms with Gasteiger partial charge in [0.2, 0.25) is 5.88 Å². The van der Waals surface area contributed by atoms with Gasteiger partial charge in [0.05, 0.1) is 17.9 Å². The molecule has 0 aliphatic rings. The average molecular weight is 267 g/mol. The van der Waals surface area contributed by atoms with Gasteiger partial charge in [-0.1, -0.05) is 13.8 Å². The normalized spacial score (nSPS) is 11.7. The highest BCUT2D eigenvalue weighted by Crippen LogP contribution is 2.23. The first-order valence-electron chi connectivity index (χ1n) is 6.52. The molecule has 19 heavy (non-hydrogen) atoms. The van der Waals surface area contributed by atoms with Crippen LogP contribution >= 0.6 is 0 Å². The van der Waals surface area contributed by atoms with Crippen molar-refractivity contribution in [1.29, 1.82) is 0 Å². The summed E-state index contributed by atoms with van der Waals surface area (Å²) in [6.07, 6.45) is 0. The number of aliphatic hydroxyl groups is 1. The zero-order valence-electron chi connectivity index (χ0n) is 12.5. The molecule has 0 radical (unpaired) electrons. The number of nitrogens with two attached hydrogens (primary N) is 1. The molecule has 0 amide bonds. The smallest absolute Gasteiger partial charge is 0.239 e. The van der Waals surface area contributed by atoms with E-state index in [1.807, 2.05) is 18.0 Å². The predicted molar refractivity (Wildman–Crippen MR) is 78.6 cm³/mol. The van der Waals surface area contributed by atoms with Crippen LogP contribution in [0.15, 0.2) is 12.1 Å². The minimum absolute atomic E-state index is 0.416. The maximum absolute atomic E-state index is 9.82. The molecule has 0 unspecified atom stereocenters. The lowest BCUT2D eigenvalue weighted by molar-refractivity contribution is 0.0884. The van der Waals surface area contributed by atoms with E-state index >= 15 is 0 Å². The Morgan fingerprint density at radius 3 is 2.58 bits per heavy atom. The predicted octanol–water partition coefficient (Wildman–Crippen LogP) is 1.91. The van der Waals surface area contributed by atoms with Gasteiger partial charge in [0.1, 0.15) is 5.82 Å². The van der Waals surface area contributed by atoms with Crippen molar-refractivity contribution < 1.29 is 9.84 Å². The maximum Gasteiger partial charge on any atom is 0.239 e. The topological polar surface area (TPSA) is 71.6 Å². The highest BCUT2D eigenvalue weighted by molar-refractivity contribution is 5.54. The van der Waals surface area contributed by atoms with E-state index < -0.39 is 5.60 Å². The van der Waals surface area contributed by atoms with E-state index in [2.05, 4.69) is 18.8 Å². The molecule has 3 N–H and O–H groups in total. The molecule has 0 aromatic carbocycles. The maximum atomic E-state index is 9.82. The van der Waals surface area contributed by atoms with Gasteiger partial charge in [-0.15, -0.1) is 0 Å². The molecule has 1 aromatic heterocycles. The van der Waals surface area contributed by atoms with Crippen molar-refractivity contribution >= 4 is 11.5 Å². The van der Waals surface area contributed by atoms with Crippen LogP contribution < -0.4 is 15.4 Å². The lowest BCUT2D eigenvalue weighted by Crippen LogP contribution is -2.36. The summed E-state index contributed by atoms with van der Waals surface area (Å²) < 4.78 is 5.59. The molecule has 1 rings (SSSR count). The lowest BCUT2D eigenvalue weighted by Gasteiger charge is -2.26. The number of nitrogens with zero attached hydrogens (tertiary/aromatic N) is 2. The van der Waals surface area contributed by atoms with E-state index in [1.54, 1.807) is 19.9 Å². The first kappa shape index (κ1) is 15.6. The van der Waals surface area contributed by atoms with Crippen molar-refractivity contribution in [3.63, 3.8) is 0 Å². The second-order valence-corrected chi connectivity index (χ2v) is 5.94. The molecule has 0 saturated heterocycles. The van der Waals surface area contributed by atoms with Crippen molar-refractivity contribution in [3.05, 3.63) is 12.1 Å². The van der Waals surface area contributed by atoms with Crippen molar-refractivity contribution in [1.82, 2.24) is 4.98 Å². The molecule has 1 aromatic rings. The largest absolute Gasteiger partial charge is 0.476 e. The summed E-state index contributed by atoms with van der Waals surface area (Å²) in [5.41, 5.74) is 5.60. The zero-order valence-corrected chi connectivity index (χ0v) is 12.5. The Hall–Kier alpha value is -1.49. The van der Waals surface area contributed by atoms with Gasteiger partial charge < -0.3 is 20.5 Å². The van der Waals surface area contributed by atoms with Gasteiger partial charge in [-0.2, -0.15) is 4.98 Å². The molecule has 0 aliphatic heterocycles. The van der Waals surface area contributed by atoms with Crippen molar-refractivity contribution in [2.75, 3.05) is 30.8 Å². The standard InChI is InChI=1S/C14H25N3O2/c1-10(2)8-19-13-11(15)6-7-12(16-13)17(5)9-14(3,4)18/h6-7,10,18H,8-9,15H2,1-5H3. The molecule has 0 atom stereocenters. The molecule has 0 spiro atoms. The number of hydrogen-bond acceptors (Lipinski definition) is 5. The second kappa shape index (κ2) is 6.10. The highest BCUT2D eigenvalue weighted by Gasteiger charge is 2.17. The molecular weight excluding hydrogens is 242 g/mol.